The molecule has 0 amide bonds. The quantitative estimate of drug-likeness (QED) is 0.508. The van der Waals surface area contributed by atoms with Crippen LogP contribution in [0.5, 0.6) is 0 Å². The van der Waals surface area contributed by atoms with Gasteiger partial charge in [0, 0.05) is 6.20 Å². The molecule has 1 fully saturated rings. The summed E-state index contributed by atoms with van der Waals surface area (Å²) in [5, 5.41) is 26.8. The average Bonchev–Trinajstić information content (AvgIpc) is 2.61. The van der Waals surface area contributed by atoms with Crippen LogP contribution in [0, 0.1) is 5.82 Å². The highest BCUT2D eigenvalue weighted by molar-refractivity contribution is 8.00. The lowest BCUT2D eigenvalue weighted by Gasteiger charge is -2.17. The van der Waals surface area contributed by atoms with Crippen LogP contribution < -0.4 is 11.4 Å². The second-order valence-electron chi connectivity index (χ2n) is 3.89. The van der Waals surface area contributed by atoms with E-state index in [9.17, 15) is 19.4 Å². The fraction of sp³-hybridized carbons (Fsp3) is 0.556. The Morgan fingerprint density at radius 1 is 1.50 bits per heavy atom. The van der Waals surface area contributed by atoms with Gasteiger partial charge in [0.05, 0.1) is 18.0 Å². The Morgan fingerprint density at radius 2 is 2.17 bits per heavy atom. The lowest BCUT2D eigenvalue weighted by Crippen LogP contribution is -2.36. The van der Waals surface area contributed by atoms with E-state index in [-0.39, 0.29) is 6.61 Å². The zero-order chi connectivity index (χ0) is 13.4. The Morgan fingerprint density at radius 3 is 2.72 bits per heavy atom. The van der Waals surface area contributed by atoms with Gasteiger partial charge < -0.3 is 21.1 Å². The van der Waals surface area contributed by atoms with Crippen molar-refractivity contribution >= 4 is 17.6 Å². The van der Waals surface area contributed by atoms with Gasteiger partial charge in [-0.1, -0.05) is 0 Å². The molecule has 100 valence electrons. The monoisotopic (exact) mass is 277 g/mol. The van der Waals surface area contributed by atoms with Crippen LogP contribution in [0.1, 0.15) is 5.37 Å². The molecule has 0 bridgehead atoms. The minimum Gasteiger partial charge on any atom is -0.395 e. The van der Waals surface area contributed by atoms with Gasteiger partial charge in [-0.05, 0) is 0 Å². The molecule has 2 rings (SSSR count). The molecule has 1 aliphatic heterocycles. The molecular weight excluding hydrogens is 265 g/mol. The first-order valence-corrected chi connectivity index (χ1v) is 6.06. The van der Waals surface area contributed by atoms with E-state index < -0.39 is 40.2 Å². The summed E-state index contributed by atoms with van der Waals surface area (Å²) in [6.45, 7) is -0.362. The average molecular weight is 277 g/mol. The number of nitrogen functional groups attached to an aromatic ring is 1. The van der Waals surface area contributed by atoms with Crippen LogP contribution in [0.4, 0.5) is 10.2 Å². The van der Waals surface area contributed by atoms with Gasteiger partial charge in [-0.15, -0.1) is 11.8 Å². The van der Waals surface area contributed by atoms with Crippen molar-refractivity contribution in [2.75, 3.05) is 12.3 Å². The van der Waals surface area contributed by atoms with Gasteiger partial charge in [0.25, 0.3) is 0 Å². The molecule has 9 heteroatoms. The molecule has 0 unspecified atom stereocenters. The topological polar surface area (TPSA) is 122 Å². The molecule has 7 nitrogen and oxygen atoms in total. The van der Waals surface area contributed by atoms with Crippen LogP contribution in [0.15, 0.2) is 11.0 Å². The smallest absolute Gasteiger partial charge is 0.350 e. The fourth-order valence-electron chi connectivity index (χ4n) is 1.75. The summed E-state index contributed by atoms with van der Waals surface area (Å²) in [6.07, 6.45) is -1.66. The summed E-state index contributed by atoms with van der Waals surface area (Å²) in [5.74, 6) is -1.41. The molecule has 1 aromatic rings. The summed E-state index contributed by atoms with van der Waals surface area (Å²) >= 11 is 0.974. The van der Waals surface area contributed by atoms with Crippen LogP contribution in [-0.4, -0.2) is 48.9 Å². The molecule has 2 heterocycles. The summed E-state index contributed by atoms with van der Waals surface area (Å²) in [6, 6.07) is 0. The van der Waals surface area contributed by atoms with Crippen molar-refractivity contribution in [2.24, 2.45) is 0 Å². The Bertz CT molecular complexity index is 511. The van der Waals surface area contributed by atoms with Gasteiger partial charge in [0.15, 0.2) is 11.6 Å². The molecule has 0 aliphatic carbocycles. The number of halogens is 1. The normalized spacial score (nSPS) is 31.8. The van der Waals surface area contributed by atoms with Crippen LogP contribution in [-0.2, 0) is 0 Å². The number of nitrogens with two attached hydrogens (primary N) is 1. The Labute approximate surface area is 105 Å². The van der Waals surface area contributed by atoms with Crippen molar-refractivity contribution in [1.29, 1.82) is 0 Å². The van der Waals surface area contributed by atoms with Gasteiger partial charge >= 0.3 is 5.69 Å². The lowest BCUT2D eigenvalue weighted by atomic mass is 10.1. The molecule has 0 saturated carbocycles. The second-order valence-corrected chi connectivity index (χ2v) is 5.25. The van der Waals surface area contributed by atoms with Crippen molar-refractivity contribution in [3.63, 3.8) is 0 Å². The molecule has 0 radical (unpaired) electrons. The fourth-order valence-corrected chi connectivity index (χ4v) is 3.12. The molecule has 18 heavy (non-hydrogen) atoms. The van der Waals surface area contributed by atoms with Crippen LogP contribution >= 0.6 is 11.8 Å². The van der Waals surface area contributed by atoms with E-state index >= 15 is 0 Å². The number of aromatic nitrogens is 2. The van der Waals surface area contributed by atoms with E-state index in [4.69, 9.17) is 10.8 Å². The standard InChI is InChI=1S/C9H12FN3O4S/c10-3-1-13(9(17)12-7(3)11)8-6(16)5(15)4(2-14)18-8/h1,4-6,8,14-16H,2H2,(H2,11,12,17)/t4-,5-,6-,8-/m1/s1. The van der Waals surface area contributed by atoms with Crippen molar-refractivity contribution in [1.82, 2.24) is 9.55 Å². The second kappa shape index (κ2) is 4.84. The van der Waals surface area contributed by atoms with E-state index in [2.05, 4.69) is 4.98 Å². The van der Waals surface area contributed by atoms with Gasteiger partial charge in [0.2, 0.25) is 0 Å². The Hall–Kier alpha value is -1.16. The number of thioether (sulfide) groups is 1. The predicted molar refractivity (Wildman–Crippen MR) is 62.4 cm³/mol. The third-order valence-corrected chi connectivity index (χ3v) is 4.29. The first kappa shape index (κ1) is 13.3. The minimum absolute atomic E-state index is 0.362. The number of rotatable bonds is 2. The largest absolute Gasteiger partial charge is 0.395 e. The van der Waals surface area contributed by atoms with Crippen LogP contribution in [0.2, 0.25) is 0 Å². The number of hydrogen-bond acceptors (Lipinski definition) is 7. The first-order valence-electron chi connectivity index (χ1n) is 5.12. The highest BCUT2D eigenvalue weighted by atomic mass is 32.2. The molecule has 1 aliphatic rings. The van der Waals surface area contributed by atoms with E-state index in [1.807, 2.05) is 0 Å². The van der Waals surface area contributed by atoms with E-state index in [0.29, 0.717) is 0 Å². The zero-order valence-corrected chi connectivity index (χ0v) is 9.92. The molecular formula is C9H12FN3O4S. The molecule has 4 atom stereocenters. The lowest BCUT2D eigenvalue weighted by molar-refractivity contribution is 0.0100. The zero-order valence-electron chi connectivity index (χ0n) is 9.10. The molecule has 1 saturated heterocycles. The van der Waals surface area contributed by atoms with Crippen molar-refractivity contribution in [3.05, 3.63) is 22.5 Å². The summed E-state index contributed by atoms with van der Waals surface area (Å²) in [4.78, 5) is 14.8. The van der Waals surface area contributed by atoms with E-state index in [0.717, 1.165) is 22.5 Å². The molecule has 0 aromatic carbocycles. The van der Waals surface area contributed by atoms with Crippen molar-refractivity contribution < 1.29 is 19.7 Å². The molecule has 0 spiro atoms. The van der Waals surface area contributed by atoms with Crippen molar-refractivity contribution in [3.8, 4) is 0 Å². The summed E-state index contributed by atoms with van der Waals surface area (Å²) in [7, 11) is 0. The third kappa shape index (κ3) is 2.09. The molecule has 1 aromatic heterocycles. The maximum atomic E-state index is 13.3. The maximum Gasteiger partial charge on any atom is 0.350 e. The van der Waals surface area contributed by atoms with E-state index in [1.165, 1.54) is 0 Å². The highest BCUT2D eigenvalue weighted by Gasteiger charge is 2.43. The van der Waals surface area contributed by atoms with Crippen LogP contribution in [0.3, 0.4) is 0 Å². The SMILES string of the molecule is Nc1nc(=O)n([C@@H]2S[C@H](CO)[C@@H](O)[C@H]2O)cc1F. The first-order chi connectivity index (χ1) is 8.45. The summed E-state index contributed by atoms with van der Waals surface area (Å²) in [5.41, 5.74) is 4.32. The van der Waals surface area contributed by atoms with Gasteiger partial charge in [-0.3, -0.25) is 4.57 Å². The van der Waals surface area contributed by atoms with Crippen LogP contribution in [0.25, 0.3) is 0 Å². The Kier molecular flexibility index (Phi) is 3.57. The number of hydrogen-bond donors (Lipinski definition) is 4. The molecule has 5 N–H and O–H groups in total. The third-order valence-electron chi connectivity index (χ3n) is 2.73. The maximum absolute atomic E-state index is 13.3. The van der Waals surface area contributed by atoms with Gasteiger partial charge in [0.1, 0.15) is 11.5 Å². The number of aliphatic hydroxyl groups is 3. The Balaban J connectivity index is 2.39. The van der Waals surface area contributed by atoms with E-state index in [1.54, 1.807) is 0 Å². The number of aliphatic hydroxyl groups excluding tert-OH is 3. The number of anilines is 1. The van der Waals surface area contributed by atoms with Gasteiger partial charge in [-0.25, -0.2) is 9.18 Å². The summed E-state index contributed by atoms with van der Waals surface area (Å²) < 4.78 is 14.1. The van der Waals surface area contributed by atoms with Gasteiger partial charge in [-0.2, -0.15) is 4.98 Å². The highest BCUT2D eigenvalue weighted by Crippen LogP contribution is 2.40. The predicted octanol–water partition coefficient (Wildman–Crippen LogP) is -1.71. The number of nitrogens with zero attached hydrogens (tertiary/aromatic N) is 2. The van der Waals surface area contributed by atoms with Crippen molar-refractivity contribution in [2.45, 2.75) is 22.8 Å². The minimum atomic E-state index is -1.30.